The molecule has 4 heteroatoms. The summed E-state index contributed by atoms with van der Waals surface area (Å²) in [5.74, 6) is 2.21. The third-order valence-electron chi connectivity index (χ3n) is 1.78. The molecule has 0 heterocycles. The molecule has 1 N–H and O–H groups in total. The molecular weight excluding hydrogens is 277 g/mol. The number of amides is 1. The standard InChI is InChI=1S/C11H9BrClNO/c1-3-7(2)14-11(15)8-4-5-10(13)9(12)6-8/h1,4-7H,2H3,(H,14,15). The van der Waals surface area contributed by atoms with Gasteiger partial charge in [-0.15, -0.1) is 6.42 Å². The van der Waals surface area contributed by atoms with Crippen LogP contribution in [0.4, 0.5) is 0 Å². The number of carbonyl (C=O) groups is 1. The molecule has 1 atom stereocenters. The Balaban J connectivity index is 2.84. The van der Waals surface area contributed by atoms with Gasteiger partial charge < -0.3 is 5.32 Å². The van der Waals surface area contributed by atoms with E-state index in [-0.39, 0.29) is 11.9 Å². The average molecular weight is 287 g/mol. The van der Waals surface area contributed by atoms with E-state index in [9.17, 15) is 4.79 Å². The molecule has 2 nitrogen and oxygen atoms in total. The number of benzene rings is 1. The molecule has 0 aliphatic heterocycles. The molecule has 0 fully saturated rings. The van der Waals surface area contributed by atoms with E-state index in [0.717, 1.165) is 0 Å². The number of hydrogen-bond donors (Lipinski definition) is 1. The quantitative estimate of drug-likeness (QED) is 0.832. The van der Waals surface area contributed by atoms with Crippen LogP contribution in [0.3, 0.4) is 0 Å². The molecule has 0 bridgehead atoms. The van der Waals surface area contributed by atoms with Crippen LogP contribution in [-0.4, -0.2) is 11.9 Å². The molecule has 78 valence electrons. The van der Waals surface area contributed by atoms with Crippen LogP contribution < -0.4 is 5.32 Å². The zero-order valence-corrected chi connectivity index (χ0v) is 10.4. The van der Waals surface area contributed by atoms with Crippen molar-refractivity contribution in [1.29, 1.82) is 0 Å². The number of hydrogen-bond acceptors (Lipinski definition) is 1. The van der Waals surface area contributed by atoms with Gasteiger partial charge in [0.15, 0.2) is 0 Å². The Bertz CT molecular complexity index is 425. The molecule has 15 heavy (non-hydrogen) atoms. The van der Waals surface area contributed by atoms with Gasteiger partial charge >= 0.3 is 0 Å². The van der Waals surface area contributed by atoms with E-state index < -0.39 is 0 Å². The van der Waals surface area contributed by atoms with Crippen molar-refractivity contribution in [2.45, 2.75) is 13.0 Å². The Hall–Kier alpha value is -0.980. The molecule has 1 aromatic carbocycles. The van der Waals surface area contributed by atoms with Gasteiger partial charge in [0.25, 0.3) is 5.91 Å². The monoisotopic (exact) mass is 285 g/mol. The average Bonchev–Trinajstić information content (AvgIpc) is 2.21. The van der Waals surface area contributed by atoms with Gasteiger partial charge in [-0.1, -0.05) is 17.5 Å². The molecule has 0 saturated heterocycles. The molecule has 1 amide bonds. The fraction of sp³-hybridized carbons (Fsp3) is 0.182. The minimum atomic E-state index is -0.285. The van der Waals surface area contributed by atoms with Crippen molar-refractivity contribution in [3.8, 4) is 12.3 Å². The first-order chi connectivity index (χ1) is 7.04. The van der Waals surface area contributed by atoms with Gasteiger partial charge in [-0.05, 0) is 41.1 Å². The maximum absolute atomic E-state index is 11.6. The fourth-order valence-electron chi connectivity index (χ4n) is 0.959. The Kier molecular flexibility index (Phi) is 4.19. The largest absolute Gasteiger partial charge is 0.339 e. The predicted molar refractivity (Wildman–Crippen MR) is 64.9 cm³/mol. The highest BCUT2D eigenvalue weighted by Crippen LogP contribution is 2.23. The summed E-state index contributed by atoms with van der Waals surface area (Å²) in [5.41, 5.74) is 0.522. The predicted octanol–water partition coefficient (Wildman–Crippen LogP) is 2.85. The smallest absolute Gasteiger partial charge is 0.252 e. The van der Waals surface area contributed by atoms with Crippen LogP contribution in [0.5, 0.6) is 0 Å². The summed E-state index contributed by atoms with van der Waals surface area (Å²) in [5, 5.41) is 3.22. The van der Waals surface area contributed by atoms with Crippen molar-refractivity contribution in [2.75, 3.05) is 0 Å². The molecule has 0 aliphatic carbocycles. The summed E-state index contributed by atoms with van der Waals surface area (Å²) in [6.07, 6.45) is 5.16. The minimum Gasteiger partial charge on any atom is -0.339 e. The van der Waals surface area contributed by atoms with Crippen molar-refractivity contribution in [3.05, 3.63) is 33.3 Å². The maximum atomic E-state index is 11.6. The second-order valence-electron chi connectivity index (χ2n) is 2.99. The van der Waals surface area contributed by atoms with Gasteiger partial charge in [-0.3, -0.25) is 4.79 Å². The summed E-state index contributed by atoms with van der Waals surface area (Å²) in [4.78, 5) is 11.6. The first kappa shape index (κ1) is 12.1. The van der Waals surface area contributed by atoms with E-state index in [2.05, 4.69) is 27.2 Å². The minimum absolute atomic E-state index is 0.210. The molecule has 0 saturated carbocycles. The number of nitrogens with one attached hydrogen (secondary N) is 1. The highest BCUT2D eigenvalue weighted by atomic mass is 79.9. The molecule has 0 aliphatic rings. The SMILES string of the molecule is C#CC(C)NC(=O)c1ccc(Cl)c(Br)c1. The zero-order chi connectivity index (χ0) is 11.4. The highest BCUT2D eigenvalue weighted by molar-refractivity contribution is 9.10. The van der Waals surface area contributed by atoms with Crippen molar-refractivity contribution < 1.29 is 4.79 Å². The number of rotatable bonds is 2. The van der Waals surface area contributed by atoms with Crippen LogP contribution in [-0.2, 0) is 0 Å². The van der Waals surface area contributed by atoms with Crippen LogP contribution in [0.25, 0.3) is 0 Å². The lowest BCUT2D eigenvalue weighted by molar-refractivity contribution is 0.0948. The second-order valence-corrected chi connectivity index (χ2v) is 4.25. The lowest BCUT2D eigenvalue weighted by Gasteiger charge is -2.08. The first-order valence-electron chi connectivity index (χ1n) is 4.26. The first-order valence-corrected chi connectivity index (χ1v) is 5.43. The molecule has 1 unspecified atom stereocenters. The number of terminal acetylenes is 1. The Morgan fingerprint density at radius 2 is 2.33 bits per heavy atom. The number of halogens is 2. The van der Waals surface area contributed by atoms with Gasteiger partial charge in [0, 0.05) is 10.0 Å². The van der Waals surface area contributed by atoms with E-state index in [1.54, 1.807) is 25.1 Å². The van der Waals surface area contributed by atoms with E-state index in [1.165, 1.54) is 0 Å². The summed E-state index contributed by atoms with van der Waals surface area (Å²) in [6, 6.07) is 4.67. The summed E-state index contributed by atoms with van der Waals surface area (Å²) < 4.78 is 0.685. The van der Waals surface area contributed by atoms with Crippen LogP contribution in [0.15, 0.2) is 22.7 Å². The van der Waals surface area contributed by atoms with E-state index in [4.69, 9.17) is 18.0 Å². The lowest BCUT2D eigenvalue weighted by Crippen LogP contribution is -2.31. The van der Waals surface area contributed by atoms with Crippen LogP contribution in [0.2, 0.25) is 5.02 Å². The Morgan fingerprint density at radius 1 is 1.67 bits per heavy atom. The van der Waals surface area contributed by atoms with Crippen molar-refractivity contribution in [2.24, 2.45) is 0 Å². The highest BCUT2D eigenvalue weighted by Gasteiger charge is 2.09. The van der Waals surface area contributed by atoms with Crippen LogP contribution in [0.1, 0.15) is 17.3 Å². The Morgan fingerprint density at radius 3 is 2.87 bits per heavy atom. The van der Waals surface area contributed by atoms with E-state index >= 15 is 0 Å². The van der Waals surface area contributed by atoms with Gasteiger partial charge in [0.1, 0.15) is 0 Å². The number of carbonyl (C=O) groups excluding carboxylic acids is 1. The Labute approximate surface area is 102 Å². The molecule has 0 spiro atoms. The van der Waals surface area contributed by atoms with Gasteiger partial charge in [0.2, 0.25) is 0 Å². The third-order valence-corrected chi connectivity index (χ3v) is 2.99. The molecule has 0 aromatic heterocycles. The summed E-state index contributed by atoms with van der Waals surface area (Å²) in [6.45, 7) is 1.74. The van der Waals surface area contributed by atoms with Gasteiger partial charge in [0.05, 0.1) is 11.1 Å². The van der Waals surface area contributed by atoms with Gasteiger partial charge in [-0.25, -0.2) is 0 Å². The maximum Gasteiger partial charge on any atom is 0.252 e. The molecular formula is C11H9BrClNO. The van der Waals surface area contributed by atoms with Crippen molar-refractivity contribution in [3.63, 3.8) is 0 Å². The van der Waals surface area contributed by atoms with Crippen LogP contribution >= 0.6 is 27.5 Å². The zero-order valence-electron chi connectivity index (χ0n) is 8.05. The normalized spacial score (nSPS) is 11.6. The molecule has 0 radical (unpaired) electrons. The molecule has 1 aromatic rings. The lowest BCUT2D eigenvalue weighted by atomic mass is 10.2. The van der Waals surface area contributed by atoms with E-state index in [1.807, 2.05) is 0 Å². The summed E-state index contributed by atoms with van der Waals surface area (Å²) >= 11 is 9.05. The molecule has 1 rings (SSSR count). The second kappa shape index (κ2) is 5.20. The summed E-state index contributed by atoms with van der Waals surface area (Å²) in [7, 11) is 0. The third kappa shape index (κ3) is 3.26. The van der Waals surface area contributed by atoms with Crippen molar-refractivity contribution >= 4 is 33.4 Å². The topological polar surface area (TPSA) is 29.1 Å². The van der Waals surface area contributed by atoms with E-state index in [0.29, 0.717) is 15.1 Å². The van der Waals surface area contributed by atoms with Crippen molar-refractivity contribution in [1.82, 2.24) is 5.32 Å². The van der Waals surface area contributed by atoms with Crippen LogP contribution in [0, 0.1) is 12.3 Å². The fourth-order valence-corrected chi connectivity index (χ4v) is 1.46. The van der Waals surface area contributed by atoms with Gasteiger partial charge in [-0.2, -0.15) is 0 Å².